The van der Waals surface area contributed by atoms with Gasteiger partial charge in [0.05, 0.1) is 5.52 Å². The van der Waals surface area contributed by atoms with E-state index in [1.807, 2.05) is 18.2 Å². The zero-order valence-electron chi connectivity index (χ0n) is 16.0. The number of aromatic nitrogens is 3. The zero-order valence-corrected chi connectivity index (χ0v) is 16.0. The van der Waals surface area contributed by atoms with Crippen molar-refractivity contribution in [2.75, 3.05) is 11.6 Å². The van der Waals surface area contributed by atoms with Crippen LogP contribution in [0.3, 0.4) is 0 Å². The third-order valence-electron chi connectivity index (χ3n) is 5.06. The number of benzene rings is 2. The molecule has 0 saturated carbocycles. The van der Waals surface area contributed by atoms with E-state index in [1.165, 1.54) is 5.56 Å². The number of hydrogen-bond donors (Lipinski definition) is 2. The van der Waals surface area contributed by atoms with Gasteiger partial charge >= 0.3 is 0 Å². The number of nitrogen functional groups attached to an aromatic ring is 2. The molecule has 2 aromatic carbocycles. The molecule has 2 aromatic heterocycles. The second kappa shape index (κ2) is 6.58. The van der Waals surface area contributed by atoms with Crippen molar-refractivity contribution in [2.24, 2.45) is 0 Å². The molecule has 0 fully saturated rings. The zero-order chi connectivity index (χ0) is 19.1. The summed E-state index contributed by atoms with van der Waals surface area (Å²) in [6, 6.07) is 14.7. The predicted octanol–water partition coefficient (Wildman–Crippen LogP) is 4.62. The molecule has 0 amide bonds. The molecule has 0 aliphatic rings. The number of fused-ring (bicyclic) bond motifs is 3. The highest BCUT2D eigenvalue weighted by molar-refractivity contribution is 6.09. The lowest BCUT2D eigenvalue weighted by Crippen LogP contribution is -2.13. The molecule has 27 heavy (non-hydrogen) atoms. The van der Waals surface area contributed by atoms with Crippen LogP contribution in [0.15, 0.2) is 42.5 Å². The minimum absolute atomic E-state index is 0.314. The molecular weight excluding hydrogens is 334 g/mol. The number of aryl methyl sites for hydroxylation is 1. The standard InChI is InChI=1S/C22H25N5/c1-4-8-18-26-20-21(27(18)24)19-16(13(2)3)11-15(12-17(19)25-22(20)23)14-9-6-5-7-10-14/h5-7,9-13H,4,8,24H2,1-3H3,(H2,23,25). The summed E-state index contributed by atoms with van der Waals surface area (Å²) in [5, 5.41) is 1.05. The van der Waals surface area contributed by atoms with E-state index in [4.69, 9.17) is 16.6 Å². The summed E-state index contributed by atoms with van der Waals surface area (Å²) in [6.07, 6.45) is 1.78. The summed E-state index contributed by atoms with van der Waals surface area (Å²) in [5.41, 5.74) is 12.2. The number of anilines is 1. The van der Waals surface area contributed by atoms with Gasteiger partial charge in [-0.2, -0.15) is 0 Å². The minimum Gasteiger partial charge on any atom is -0.382 e. The van der Waals surface area contributed by atoms with Gasteiger partial charge in [-0.15, -0.1) is 0 Å². The van der Waals surface area contributed by atoms with Crippen molar-refractivity contribution < 1.29 is 0 Å². The van der Waals surface area contributed by atoms with Crippen LogP contribution in [0.5, 0.6) is 0 Å². The molecule has 0 atom stereocenters. The molecule has 0 spiro atoms. The Kier molecular flexibility index (Phi) is 4.22. The molecule has 0 radical (unpaired) electrons. The van der Waals surface area contributed by atoms with Crippen LogP contribution in [-0.2, 0) is 6.42 Å². The van der Waals surface area contributed by atoms with Crippen molar-refractivity contribution in [3.05, 3.63) is 53.9 Å². The molecule has 138 valence electrons. The lowest BCUT2D eigenvalue weighted by Gasteiger charge is -2.15. The Morgan fingerprint density at radius 2 is 1.78 bits per heavy atom. The summed E-state index contributed by atoms with van der Waals surface area (Å²) >= 11 is 0. The van der Waals surface area contributed by atoms with Gasteiger partial charge in [0.1, 0.15) is 16.9 Å². The van der Waals surface area contributed by atoms with E-state index in [1.54, 1.807) is 4.68 Å². The van der Waals surface area contributed by atoms with Gasteiger partial charge in [-0.1, -0.05) is 57.2 Å². The molecule has 5 nitrogen and oxygen atoms in total. The smallest absolute Gasteiger partial charge is 0.152 e. The lowest BCUT2D eigenvalue weighted by molar-refractivity contribution is 0.801. The number of pyridine rings is 1. The summed E-state index contributed by atoms with van der Waals surface area (Å²) < 4.78 is 1.70. The number of nitrogens with two attached hydrogens (primary N) is 2. The molecule has 0 aliphatic heterocycles. The van der Waals surface area contributed by atoms with Crippen LogP contribution in [0.2, 0.25) is 0 Å². The normalized spacial score (nSPS) is 11.7. The van der Waals surface area contributed by atoms with Crippen LogP contribution in [0.1, 0.15) is 44.5 Å². The van der Waals surface area contributed by atoms with Gasteiger partial charge in [0.25, 0.3) is 0 Å². The van der Waals surface area contributed by atoms with Gasteiger partial charge in [0, 0.05) is 11.8 Å². The molecule has 5 heteroatoms. The summed E-state index contributed by atoms with van der Waals surface area (Å²) in [5.74, 6) is 8.04. The maximum absolute atomic E-state index is 6.45. The van der Waals surface area contributed by atoms with Crippen LogP contribution in [0.25, 0.3) is 33.1 Å². The van der Waals surface area contributed by atoms with Gasteiger partial charge in [0.2, 0.25) is 0 Å². The van der Waals surface area contributed by atoms with Gasteiger partial charge in [0.15, 0.2) is 5.82 Å². The van der Waals surface area contributed by atoms with E-state index >= 15 is 0 Å². The molecule has 0 bridgehead atoms. The van der Waals surface area contributed by atoms with Crippen LogP contribution in [0.4, 0.5) is 5.82 Å². The lowest BCUT2D eigenvalue weighted by atomic mass is 9.92. The van der Waals surface area contributed by atoms with Crippen molar-refractivity contribution in [3.63, 3.8) is 0 Å². The third kappa shape index (κ3) is 2.79. The Hall–Kier alpha value is -3.08. The first-order valence-corrected chi connectivity index (χ1v) is 9.46. The van der Waals surface area contributed by atoms with E-state index in [9.17, 15) is 0 Å². The predicted molar refractivity (Wildman–Crippen MR) is 113 cm³/mol. The summed E-state index contributed by atoms with van der Waals surface area (Å²) in [7, 11) is 0. The maximum atomic E-state index is 6.45. The van der Waals surface area contributed by atoms with Gasteiger partial charge in [-0.05, 0) is 35.1 Å². The number of imidazole rings is 1. The Morgan fingerprint density at radius 1 is 1.04 bits per heavy atom. The summed E-state index contributed by atoms with van der Waals surface area (Å²) in [4.78, 5) is 9.38. The molecule has 2 heterocycles. The Morgan fingerprint density at radius 3 is 2.44 bits per heavy atom. The molecular formula is C22H25N5. The largest absolute Gasteiger partial charge is 0.382 e. The second-order valence-corrected chi connectivity index (χ2v) is 7.32. The second-order valence-electron chi connectivity index (χ2n) is 7.32. The first-order valence-electron chi connectivity index (χ1n) is 9.46. The SMILES string of the molecule is CCCc1nc2c(N)nc3cc(-c4ccccc4)cc(C(C)C)c3c2n1N. The highest BCUT2D eigenvalue weighted by Gasteiger charge is 2.20. The van der Waals surface area contributed by atoms with Crippen molar-refractivity contribution >= 4 is 27.8 Å². The van der Waals surface area contributed by atoms with Crippen LogP contribution >= 0.6 is 0 Å². The molecule has 4 rings (SSSR count). The average Bonchev–Trinajstić information content (AvgIpc) is 2.99. The van der Waals surface area contributed by atoms with Crippen molar-refractivity contribution in [1.82, 2.24) is 14.6 Å². The summed E-state index contributed by atoms with van der Waals surface area (Å²) in [6.45, 7) is 6.50. The fourth-order valence-corrected chi connectivity index (χ4v) is 3.73. The van der Waals surface area contributed by atoms with E-state index in [-0.39, 0.29) is 0 Å². The third-order valence-corrected chi connectivity index (χ3v) is 5.06. The highest BCUT2D eigenvalue weighted by atomic mass is 15.3. The molecule has 0 unspecified atom stereocenters. The maximum Gasteiger partial charge on any atom is 0.152 e. The Balaban J connectivity index is 2.11. The minimum atomic E-state index is 0.314. The average molecular weight is 359 g/mol. The molecule has 0 aliphatic carbocycles. The fourth-order valence-electron chi connectivity index (χ4n) is 3.73. The van der Waals surface area contributed by atoms with Gasteiger partial charge < -0.3 is 11.6 Å². The molecule has 4 aromatic rings. The van der Waals surface area contributed by atoms with E-state index < -0.39 is 0 Å². The van der Waals surface area contributed by atoms with Gasteiger partial charge in [-0.3, -0.25) is 0 Å². The van der Waals surface area contributed by atoms with Crippen LogP contribution in [-0.4, -0.2) is 14.6 Å². The van der Waals surface area contributed by atoms with Crippen molar-refractivity contribution in [2.45, 2.75) is 39.5 Å². The number of rotatable bonds is 4. The fraction of sp³-hybridized carbons (Fsp3) is 0.273. The molecule has 4 N–H and O–H groups in total. The quantitative estimate of drug-likeness (QED) is 0.521. The van der Waals surface area contributed by atoms with Crippen LogP contribution < -0.4 is 11.6 Å². The monoisotopic (exact) mass is 359 g/mol. The first-order chi connectivity index (χ1) is 13.0. The van der Waals surface area contributed by atoms with Gasteiger partial charge in [-0.25, -0.2) is 14.6 Å². The molecule has 0 saturated heterocycles. The number of nitrogens with zero attached hydrogens (tertiary/aromatic N) is 3. The Bertz CT molecular complexity index is 1130. The van der Waals surface area contributed by atoms with Crippen LogP contribution in [0, 0.1) is 0 Å². The van der Waals surface area contributed by atoms with Crippen molar-refractivity contribution in [1.29, 1.82) is 0 Å². The first kappa shape index (κ1) is 17.3. The topological polar surface area (TPSA) is 82.8 Å². The Labute approximate surface area is 159 Å². The van der Waals surface area contributed by atoms with E-state index in [2.05, 4.69) is 50.0 Å². The van der Waals surface area contributed by atoms with E-state index in [0.29, 0.717) is 17.3 Å². The van der Waals surface area contributed by atoms with E-state index in [0.717, 1.165) is 46.2 Å². The highest BCUT2D eigenvalue weighted by Crippen LogP contribution is 2.36. The van der Waals surface area contributed by atoms with Crippen molar-refractivity contribution in [3.8, 4) is 11.1 Å². The number of hydrogen-bond acceptors (Lipinski definition) is 4.